The second kappa shape index (κ2) is 7.53. The van der Waals surface area contributed by atoms with Crippen molar-refractivity contribution in [3.63, 3.8) is 0 Å². The van der Waals surface area contributed by atoms with E-state index in [4.69, 9.17) is 14.7 Å². The van der Waals surface area contributed by atoms with Gasteiger partial charge in [-0.15, -0.1) is 0 Å². The zero-order chi connectivity index (χ0) is 16.0. The van der Waals surface area contributed by atoms with Gasteiger partial charge in [0.25, 0.3) is 5.91 Å². The molecule has 0 aliphatic carbocycles. The number of carbonyl (C=O) groups excluding carboxylic acids is 1. The maximum Gasteiger partial charge on any atom is 0.260 e. The van der Waals surface area contributed by atoms with Crippen LogP contribution >= 0.6 is 0 Å². The third-order valence-corrected chi connectivity index (χ3v) is 3.04. The molecule has 0 aliphatic rings. The Morgan fingerprint density at radius 3 is 2.33 bits per heavy atom. The fourth-order valence-electron chi connectivity index (χ4n) is 2.24. The summed E-state index contributed by atoms with van der Waals surface area (Å²) in [6, 6.07) is 7.12. The summed E-state index contributed by atoms with van der Waals surface area (Å²) in [7, 11) is 1.50. The molecule has 0 aliphatic heterocycles. The molecule has 0 saturated heterocycles. The smallest absolute Gasteiger partial charge is 0.260 e. The highest BCUT2D eigenvalue weighted by molar-refractivity contribution is 5.78. The van der Waals surface area contributed by atoms with Gasteiger partial charge in [-0.25, -0.2) is 0 Å². The number of ether oxygens (including phenoxy) is 2. The van der Waals surface area contributed by atoms with Gasteiger partial charge in [-0.2, -0.15) is 5.26 Å². The predicted molar refractivity (Wildman–Crippen MR) is 80.3 cm³/mol. The summed E-state index contributed by atoms with van der Waals surface area (Å²) in [4.78, 5) is 14.0. The highest BCUT2D eigenvalue weighted by Gasteiger charge is 2.20. The van der Waals surface area contributed by atoms with Crippen LogP contribution in [-0.2, 0) is 4.79 Å². The molecule has 1 amide bonds. The van der Waals surface area contributed by atoms with Gasteiger partial charge in [0.05, 0.1) is 18.7 Å². The molecule has 1 aromatic rings. The van der Waals surface area contributed by atoms with Gasteiger partial charge in [0.2, 0.25) is 0 Å². The maximum absolute atomic E-state index is 12.2. The Hall–Kier alpha value is -2.22. The largest absolute Gasteiger partial charge is 0.493 e. The Morgan fingerprint density at radius 1 is 1.24 bits per heavy atom. The number of hydrogen-bond acceptors (Lipinski definition) is 4. The van der Waals surface area contributed by atoms with Crippen molar-refractivity contribution in [2.45, 2.75) is 39.8 Å². The van der Waals surface area contributed by atoms with Gasteiger partial charge in [-0.05, 0) is 39.8 Å². The predicted octanol–water partition coefficient (Wildman–Crippen LogP) is 2.59. The highest BCUT2D eigenvalue weighted by Crippen LogP contribution is 2.27. The number of carbonyl (C=O) groups is 1. The van der Waals surface area contributed by atoms with Crippen LogP contribution < -0.4 is 9.47 Å². The van der Waals surface area contributed by atoms with Crippen LogP contribution in [0.2, 0.25) is 0 Å². The molecule has 0 spiro atoms. The molecular weight excluding hydrogens is 268 g/mol. The van der Waals surface area contributed by atoms with Crippen molar-refractivity contribution in [2.24, 2.45) is 0 Å². The number of benzene rings is 1. The average molecular weight is 290 g/mol. The lowest BCUT2D eigenvalue weighted by Crippen LogP contribution is -2.44. The molecule has 5 nitrogen and oxygen atoms in total. The standard InChI is InChI=1S/C16H22N2O3/c1-11(2)18(12(3)4)16(19)10-21-14-7-6-13(9-17)8-15(14)20-5/h6-8,11-12H,10H2,1-5H3. The molecule has 0 heterocycles. The molecule has 0 radical (unpaired) electrons. The van der Waals surface area contributed by atoms with Crippen LogP contribution in [0.5, 0.6) is 11.5 Å². The van der Waals surface area contributed by atoms with E-state index < -0.39 is 0 Å². The molecule has 1 rings (SSSR count). The van der Waals surface area contributed by atoms with Gasteiger partial charge in [-0.3, -0.25) is 4.79 Å². The van der Waals surface area contributed by atoms with E-state index in [0.717, 1.165) is 0 Å². The van der Waals surface area contributed by atoms with E-state index in [1.54, 1.807) is 23.1 Å². The van der Waals surface area contributed by atoms with Gasteiger partial charge in [-0.1, -0.05) is 0 Å². The molecule has 0 atom stereocenters. The Balaban J connectivity index is 2.79. The normalized spacial score (nSPS) is 10.4. The summed E-state index contributed by atoms with van der Waals surface area (Å²) in [6.07, 6.45) is 0. The van der Waals surface area contributed by atoms with Crippen molar-refractivity contribution in [1.29, 1.82) is 5.26 Å². The van der Waals surface area contributed by atoms with Gasteiger partial charge < -0.3 is 14.4 Å². The zero-order valence-electron chi connectivity index (χ0n) is 13.2. The van der Waals surface area contributed by atoms with Crippen LogP contribution in [0.15, 0.2) is 18.2 Å². The first-order chi connectivity index (χ1) is 9.90. The maximum atomic E-state index is 12.2. The zero-order valence-corrected chi connectivity index (χ0v) is 13.2. The van der Waals surface area contributed by atoms with Crippen LogP contribution in [-0.4, -0.2) is 36.6 Å². The summed E-state index contributed by atoms with van der Waals surface area (Å²) >= 11 is 0. The third kappa shape index (κ3) is 4.38. The second-order valence-corrected chi connectivity index (χ2v) is 5.25. The summed E-state index contributed by atoms with van der Waals surface area (Å²) in [6.45, 7) is 7.83. The van der Waals surface area contributed by atoms with Gasteiger partial charge in [0.15, 0.2) is 18.1 Å². The molecule has 1 aromatic carbocycles. The van der Waals surface area contributed by atoms with E-state index >= 15 is 0 Å². The number of methoxy groups -OCH3 is 1. The van der Waals surface area contributed by atoms with Gasteiger partial charge >= 0.3 is 0 Å². The minimum atomic E-state index is -0.0774. The molecule has 0 N–H and O–H groups in total. The third-order valence-electron chi connectivity index (χ3n) is 3.04. The van der Waals surface area contributed by atoms with E-state index in [1.165, 1.54) is 7.11 Å². The van der Waals surface area contributed by atoms with Crippen molar-refractivity contribution >= 4 is 5.91 Å². The van der Waals surface area contributed by atoms with E-state index in [9.17, 15) is 4.79 Å². The summed E-state index contributed by atoms with van der Waals surface area (Å²) < 4.78 is 10.7. The molecule has 21 heavy (non-hydrogen) atoms. The molecule has 0 aromatic heterocycles. The van der Waals surface area contributed by atoms with Crippen LogP contribution in [0.25, 0.3) is 0 Å². The van der Waals surface area contributed by atoms with E-state index in [-0.39, 0.29) is 24.6 Å². The quantitative estimate of drug-likeness (QED) is 0.808. The summed E-state index contributed by atoms with van der Waals surface area (Å²) in [5.74, 6) is 0.825. The van der Waals surface area contributed by atoms with Crippen molar-refractivity contribution in [3.8, 4) is 17.6 Å². The second-order valence-electron chi connectivity index (χ2n) is 5.25. The monoisotopic (exact) mass is 290 g/mol. The number of rotatable bonds is 6. The van der Waals surface area contributed by atoms with Gasteiger partial charge in [0, 0.05) is 18.2 Å². The van der Waals surface area contributed by atoms with Crippen LogP contribution in [0.1, 0.15) is 33.3 Å². The van der Waals surface area contributed by atoms with Crippen LogP contribution in [0.4, 0.5) is 0 Å². The molecular formula is C16H22N2O3. The van der Waals surface area contributed by atoms with Crippen LogP contribution in [0, 0.1) is 11.3 Å². The molecule has 114 valence electrons. The molecule has 5 heteroatoms. The van der Waals surface area contributed by atoms with Crippen molar-refractivity contribution in [3.05, 3.63) is 23.8 Å². The van der Waals surface area contributed by atoms with Crippen LogP contribution in [0.3, 0.4) is 0 Å². The van der Waals surface area contributed by atoms with E-state index in [2.05, 4.69) is 0 Å². The molecule has 0 fully saturated rings. The van der Waals surface area contributed by atoms with Gasteiger partial charge in [0.1, 0.15) is 0 Å². The first-order valence-corrected chi connectivity index (χ1v) is 6.92. The minimum Gasteiger partial charge on any atom is -0.493 e. The SMILES string of the molecule is COc1cc(C#N)ccc1OCC(=O)N(C(C)C)C(C)C. The lowest BCUT2D eigenvalue weighted by molar-refractivity contribution is -0.137. The van der Waals surface area contributed by atoms with E-state index in [1.807, 2.05) is 33.8 Å². The number of hydrogen-bond donors (Lipinski definition) is 0. The molecule has 0 saturated carbocycles. The first kappa shape index (κ1) is 16.8. The van der Waals surface area contributed by atoms with Crippen molar-refractivity contribution in [2.75, 3.05) is 13.7 Å². The Morgan fingerprint density at radius 2 is 1.86 bits per heavy atom. The number of nitriles is 1. The minimum absolute atomic E-state index is 0.0569. The fraction of sp³-hybridized carbons (Fsp3) is 0.500. The lowest BCUT2D eigenvalue weighted by Gasteiger charge is -2.30. The number of amides is 1. The average Bonchev–Trinajstić information content (AvgIpc) is 2.44. The Labute approximate surface area is 126 Å². The fourth-order valence-corrected chi connectivity index (χ4v) is 2.24. The van der Waals surface area contributed by atoms with Crippen molar-refractivity contribution < 1.29 is 14.3 Å². The topological polar surface area (TPSA) is 62.6 Å². The van der Waals surface area contributed by atoms with Crippen molar-refractivity contribution in [1.82, 2.24) is 4.90 Å². The molecule has 0 bridgehead atoms. The molecule has 0 unspecified atom stereocenters. The van der Waals surface area contributed by atoms with E-state index in [0.29, 0.717) is 17.1 Å². The highest BCUT2D eigenvalue weighted by atomic mass is 16.5. The Kier molecular flexibility index (Phi) is 6.04. The Bertz CT molecular complexity index is 525. The first-order valence-electron chi connectivity index (χ1n) is 6.92. The lowest BCUT2D eigenvalue weighted by atomic mass is 10.2. The summed E-state index contributed by atoms with van der Waals surface area (Å²) in [5, 5.41) is 8.85. The number of nitrogens with zero attached hydrogens (tertiary/aromatic N) is 2. The summed E-state index contributed by atoms with van der Waals surface area (Å²) in [5.41, 5.74) is 0.483.